The number of hydrogen-bond donors (Lipinski definition) is 2. The van der Waals surface area contributed by atoms with E-state index in [1.165, 1.54) is 6.07 Å². The Kier molecular flexibility index (Phi) is 4.25. The van der Waals surface area contributed by atoms with E-state index in [9.17, 15) is 20.3 Å². The molecule has 2 unspecified atom stereocenters. The molecule has 0 bridgehead atoms. The molecule has 0 amide bonds. The van der Waals surface area contributed by atoms with Gasteiger partial charge in [0, 0.05) is 19.2 Å². The lowest BCUT2D eigenvalue weighted by Crippen LogP contribution is -2.42. The van der Waals surface area contributed by atoms with Gasteiger partial charge in [-0.25, -0.2) is 0 Å². The summed E-state index contributed by atoms with van der Waals surface area (Å²) in [7, 11) is 0. The molecule has 2 N–H and O–H groups in total. The second-order valence-corrected chi connectivity index (χ2v) is 5.46. The van der Waals surface area contributed by atoms with Gasteiger partial charge in [-0.3, -0.25) is 10.1 Å². The van der Waals surface area contributed by atoms with E-state index in [-0.39, 0.29) is 17.7 Å². The van der Waals surface area contributed by atoms with Crippen molar-refractivity contribution in [1.29, 1.82) is 0 Å². The van der Waals surface area contributed by atoms with E-state index in [0.717, 1.165) is 0 Å². The fourth-order valence-electron chi connectivity index (χ4n) is 2.57. The molecule has 1 heterocycles. The summed E-state index contributed by atoms with van der Waals surface area (Å²) in [5, 5.41) is 30.5. The second-order valence-electron chi connectivity index (χ2n) is 5.46. The molecule has 0 radical (unpaired) electrons. The Labute approximate surface area is 117 Å². The van der Waals surface area contributed by atoms with Crippen LogP contribution in [0.15, 0.2) is 18.2 Å². The lowest BCUT2D eigenvalue weighted by atomic mass is 9.96. The van der Waals surface area contributed by atoms with Crippen molar-refractivity contribution >= 4 is 11.4 Å². The molecule has 6 nitrogen and oxygen atoms in total. The predicted octanol–water partition coefficient (Wildman–Crippen LogP) is 1.86. The average molecular weight is 280 g/mol. The number of hydrogen-bond acceptors (Lipinski definition) is 5. The number of benzene rings is 1. The molecule has 0 saturated carbocycles. The fraction of sp³-hybridized carbons (Fsp3) is 0.571. The highest BCUT2D eigenvalue weighted by Gasteiger charge is 2.28. The number of rotatable bonds is 3. The minimum absolute atomic E-state index is 0.00647. The molecule has 1 aromatic carbocycles. The van der Waals surface area contributed by atoms with Crippen LogP contribution < -0.4 is 4.90 Å². The van der Waals surface area contributed by atoms with Crippen molar-refractivity contribution < 1.29 is 15.1 Å². The van der Waals surface area contributed by atoms with E-state index in [1.807, 2.05) is 11.8 Å². The molecule has 1 aliphatic rings. The van der Waals surface area contributed by atoms with E-state index in [4.69, 9.17) is 0 Å². The van der Waals surface area contributed by atoms with Crippen LogP contribution in [0.3, 0.4) is 0 Å². The van der Waals surface area contributed by atoms with Gasteiger partial charge < -0.3 is 15.1 Å². The van der Waals surface area contributed by atoms with Crippen molar-refractivity contribution in [3.05, 3.63) is 33.9 Å². The molecule has 1 aliphatic heterocycles. The Morgan fingerprint density at radius 2 is 2.20 bits per heavy atom. The summed E-state index contributed by atoms with van der Waals surface area (Å²) in [6.07, 6.45) is -0.469. The third kappa shape index (κ3) is 2.91. The first kappa shape index (κ1) is 14.7. The molecule has 3 atom stereocenters. The largest absolute Gasteiger partial charge is 0.393 e. The van der Waals surface area contributed by atoms with Crippen molar-refractivity contribution in [2.75, 3.05) is 18.0 Å². The maximum absolute atomic E-state index is 11.2. The maximum atomic E-state index is 11.2. The maximum Gasteiger partial charge on any atom is 0.292 e. The van der Waals surface area contributed by atoms with Gasteiger partial charge in [0.25, 0.3) is 5.69 Å². The number of anilines is 1. The minimum Gasteiger partial charge on any atom is -0.393 e. The molecule has 20 heavy (non-hydrogen) atoms. The van der Waals surface area contributed by atoms with Gasteiger partial charge in [-0.05, 0) is 30.9 Å². The highest BCUT2D eigenvalue weighted by molar-refractivity contribution is 5.64. The molecule has 110 valence electrons. The van der Waals surface area contributed by atoms with Gasteiger partial charge >= 0.3 is 0 Å². The van der Waals surface area contributed by atoms with E-state index >= 15 is 0 Å². The molecule has 1 saturated heterocycles. The van der Waals surface area contributed by atoms with Crippen LogP contribution in [0.1, 0.15) is 31.9 Å². The smallest absolute Gasteiger partial charge is 0.292 e. The molecule has 6 heteroatoms. The van der Waals surface area contributed by atoms with Gasteiger partial charge in [0.2, 0.25) is 0 Å². The number of piperidine rings is 1. The monoisotopic (exact) mass is 280 g/mol. The second kappa shape index (κ2) is 5.76. The normalized spacial score (nSPS) is 24.5. The van der Waals surface area contributed by atoms with Crippen LogP contribution in [0.2, 0.25) is 0 Å². The van der Waals surface area contributed by atoms with Gasteiger partial charge in [-0.1, -0.05) is 13.0 Å². The van der Waals surface area contributed by atoms with Gasteiger partial charge in [-0.15, -0.1) is 0 Å². The van der Waals surface area contributed by atoms with Crippen LogP contribution in [0, 0.1) is 16.0 Å². The number of nitro benzene ring substituents is 1. The number of aliphatic hydroxyl groups excluding tert-OH is 2. The van der Waals surface area contributed by atoms with Crippen molar-refractivity contribution in [2.24, 2.45) is 5.92 Å². The molecular weight excluding hydrogens is 260 g/mol. The standard InChI is InChI=1S/C14H20N2O4/c1-9-8-15(6-5-14(9)18)12-4-3-11(10(2)17)7-13(12)16(19)20/h3-4,7,9-10,14,17-18H,5-6,8H2,1-2H3/t9?,10-,14?/m1/s1. The van der Waals surface area contributed by atoms with Crippen LogP contribution in [-0.4, -0.2) is 34.3 Å². The van der Waals surface area contributed by atoms with Gasteiger partial charge in [-0.2, -0.15) is 0 Å². The fourth-order valence-corrected chi connectivity index (χ4v) is 2.57. The number of aliphatic hydroxyl groups is 2. The molecule has 1 aromatic rings. The predicted molar refractivity (Wildman–Crippen MR) is 75.7 cm³/mol. The Morgan fingerprint density at radius 1 is 1.50 bits per heavy atom. The quantitative estimate of drug-likeness (QED) is 0.652. The average Bonchev–Trinajstić information content (AvgIpc) is 2.41. The van der Waals surface area contributed by atoms with Crippen molar-refractivity contribution in [3.8, 4) is 0 Å². The Bertz CT molecular complexity index is 504. The highest BCUT2D eigenvalue weighted by atomic mass is 16.6. The SMILES string of the molecule is CC1CN(c2ccc([C@@H](C)O)cc2[N+](=O)[O-])CCC1O. The summed E-state index contributed by atoms with van der Waals surface area (Å²) in [6, 6.07) is 4.82. The molecule has 0 spiro atoms. The zero-order valence-electron chi connectivity index (χ0n) is 11.7. The van der Waals surface area contributed by atoms with Crippen molar-refractivity contribution in [3.63, 3.8) is 0 Å². The van der Waals surface area contributed by atoms with Gasteiger partial charge in [0.15, 0.2) is 0 Å². The van der Waals surface area contributed by atoms with E-state index < -0.39 is 11.0 Å². The first-order valence-corrected chi connectivity index (χ1v) is 6.79. The molecule has 2 rings (SSSR count). The van der Waals surface area contributed by atoms with Crippen LogP contribution in [0.5, 0.6) is 0 Å². The van der Waals surface area contributed by atoms with Crippen LogP contribution in [0.4, 0.5) is 11.4 Å². The van der Waals surface area contributed by atoms with Gasteiger partial charge in [0.1, 0.15) is 5.69 Å². The van der Waals surface area contributed by atoms with E-state index in [1.54, 1.807) is 19.1 Å². The number of nitrogens with zero attached hydrogens (tertiary/aromatic N) is 2. The van der Waals surface area contributed by atoms with Crippen LogP contribution in [0.25, 0.3) is 0 Å². The summed E-state index contributed by atoms with van der Waals surface area (Å²) >= 11 is 0. The molecule has 0 aromatic heterocycles. The topological polar surface area (TPSA) is 86.8 Å². The van der Waals surface area contributed by atoms with Crippen LogP contribution in [-0.2, 0) is 0 Å². The number of nitro groups is 1. The molecule has 1 fully saturated rings. The molecular formula is C14H20N2O4. The summed E-state index contributed by atoms with van der Waals surface area (Å²) < 4.78 is 0. The summed E-state index contributed by atoms with van der Waals surface area (Å²) in [6.45, 7) is 4.71. The highest BCUT2D eigenvalue weighted by Crippen LogP contribution is 2.33. The lowest BCUT2D eigenvalue weighted by Gasteiger charge is -2.35. The third-order valence-electron chi connectivity index (χ3n) is 3.88. The van der Waals surface area contributed by atoms with E-state index in [2.05, 4.69) is 0 Å². The third-order valence-corrected chi connectivity index (χ3v) is 3.88. The summed E-state index contributed by atoms with van der Waals surface area (Å²) in [5.74, 6) is 0.0831. The Morgan fingerprint density at radius 3 is 2.75 bits per heavy atom. The zero-order valence-corrected chi connectivity index (χ0v) is 11.7. The van der Waals surface area contributed by atoms with E-state index in [0.29, 0.717) is 30.8 Å². The lowest BCUT2D eigenvalue weighted by molar-refractivity contribution is -0.384. The Balaban J connectivity index is 2.33. The van der Waals surface area contributed by atoms with Crippen LogP contribution >= 0.6 is 0 Å². The van der Waals surface area contributed by atoms with Gasteiger partial charge in [0.05, 0.1) is 17.1 Å². The van der Waals surface area contributed by atoms with Crippen molar-refractivity contribution in [2.45, 2.75) is 32.5 Å². The molecule has 0 aliphatic carbocycles. The zero-order chi connectivity index (χ0) is 14.9. The minimum atomic E-state index is -0.732. The first-order chi connectivity index (χ1) is 9.40. The first-order valence-electron chi connectivity index (χ1n) is 6.79. The van der Waals surface area contributed by atoms with Crippen molar-refractivity contribution in [1.82, 2.24) is 0 Å². The Hall–Kier alpha value is -1.66. The summed E-state index contributed by atoms with van der Waals surface area (Å²) in [5.41, 5.74) is 1.09. The summed E-state index contributed by atoms with van der Waals surface area (Å²) in [4.78, 5) is 12.7.